The summed E-state index contributed by atoms with van der Waals surface area (Å²) in [5.41, 5.74) is 1.89. The normalized spacial score (nSPS) is 14.4. The van der Waals surface area contributed by atoms with Gasteiger partial charge in [-0.1, -0.05) is 0 Å². The molecule has 4 nitrogen and oxygen atoms in total. The number of fused-ring (bicyclic) bond motifs is 1. The molecular weight excluding hydrogens is 306 g/mol. The number of thiophene rings is 2. The van der Waals surface area contributed by atoms with Gasteiger partial charge in [0.15, 0.2) is 0 Å². The highest BCUT2D eigenvalue weighted by molar-refractivity contribution is 7.12. The molecule has 3 heterocycles. The van der Waals surface area contributed by atoms with E-state index in [9.17, 15) is 9.59 Å². The van der Waals surface area contributed by atoms with Crippen molar-refractivity contribution in [3.05, 3.63) is 49.9 Å². The van der Waals surface area contributed by atoms with Crippen LogP contribution in [0.5, 0.6) is 0 Å². The third-order valence-corrected chi connectivity index (χ3v) is 5.33. The minimum Gasteiger partial charge on any atom is -0.478 e. The van der Waals surface area contributed by atoms with Crippen LogP contribution in [0.1, 0.15) is 25.7 Å². The lowest BCUT2D eigenvalue weighted by atomic mass is 10.1. The van der Waals surface area contributed by atoms with Crippen molar-refractivity contribution in [2.45, 2.75) is 13.0 Å². The van der Waals surface area contributed by atoms with Gasteiger partial charge in [-0.15, -0.1) is 22.7 Å². The highest BCUT2D eigenvalue weighted by atomic mass is 32.1. The predicted molar refractivity (Wildman–Crippen MR) is 83.8 cm³/mol. The van der Waals surface area contributed by atoms with Crippen molar-refractivity contribution in [1.82, 2.24) is 4.90 Å². The Kier molecular flexibility index (Phi) is 3.90. The summed E-state index contributed by atoms with van der Waals surface area (Å²) >= 11 is 3.09. The van der Waals surface area contributed by atoms with Crippen LogP contribution in [0.15, 0.2) is 29.0 Å². The van der Waals surface area contributed by atoms with Crippen LogP contribution in [-0.4, -0.2) is 28.4 Å². The monoisotopic (exact) mass is 319 g/mol. The summed E-state index contributed by atoms with van der Waals surface area (Å²) in [4.78, 5) is 27.0. The molecule has 2 aromatic rings. The molecule has 0 atom stereocenters. The fourth-order valence-corrected chi connectivity index (χ4v) is 4.09. The van der Waals surface area contributed by atoms with Gasteiger partial charge in [0.1, 0.15) is 0 Å². The highest BCUT2D eigenvalue weighted by Gasteiger charge is 2.24. The first kappa shape index (κ1) is 14.0. The van der Waals surface area contributed by atoms with Crippen molar-refractivity contribution in [1.29, 1.82) is 0 Å². The third-order valence-electron chi connectivity index (χ3n) is 3.39. The number of aliphatic carboxylic acids is 1. The zero-order valence-electron chi connectivity index (χ0n) is 11.1. The summed E-state index contributed by atoms with van der Waals surface area (Å²) in [5, 5.41) is 12.6. The van der Waals surface area contributed by atoms with E-state index in [1.54, 1.807) is 17.4 Å². The molecule has 0 radical (unpaired) electrons. The first-order valence-corrected chi connectivity index (χ1v) is 8.24. The van der Waals surface area contributed by atoms with E-state index in [4.69, 9.17) is 5.11 Å². The highest BCUT2D eigenvalue weighted by Crippen LogP contribution is 2.27. The van der Waals surface area contributed by atoms with Gasteiger partial charge >= 0.3 is 5.97 Å². The van der Waals surface area contributed by atoms with Gasteiger partial charge in [0.25, 0.3) is 5.91 Å². The summed E-state index contributed by atoms with van der Waals surface area (Å²) in [5.74, 6) is -1.03. The summed E-state index contributed by atoms with van der Waals surface area (Å²) < 4.78 is 0. The molecule has 0 saturated carbocycles. The van der Waals surface area contributed by atoms with Crippen LogP contribution in [0.25, 0.3) is 6.08 Å². The summed E-state index contributed by atoms with van der Waals surface area (Å²) in [6.07, 6.45) is 3.43. The van der Waals surface area contributed by atoms with Crippen LogP contribution in [0.3, 0.4) is 0 Å². The van der Waals surface area contributed by atoms with Crippen molar-refractivity contribution in [3.63, 3.8) is 0 Å². The van der Waals surface area contributed by atoms with E-state index in [1.807, 2.05) is 10.3 Å². The molecule has 21 heavy (non-hydrogen) atoms. The van der Waals surface area contributed by atoms with Crippen molar-refractivity contribution in [2.24, 2.45) is 0 Å². The summed E-state index contributed by atoms with van der Waals surface area (Å²) in [7, 11) is 0. The fourth-order valence-electron chi connectivity index (χ4n) is 2.35. The molecule has 0 aliphatic carbocycles. The van der Waals surface area contributed by atoms with Crippen LogP contribution in [0.4, 0.5) is 0 Å². The van der Waals surface area contributed by atoms with Gasteiger partial charge in [-0.3, -0.25) is 4.79 Å². The van der Waals surface area contributed by atoms with Gasteiger partial charge in [0, 0.05) is 24.0 Å². The lowest BCUT2D eigenvalue weighted by molar-refractivity contribution is -0.131. The number of carbonyl (C=O) groups is 2. The lowest BCUT2D eigenvalue weighted by Crippen LogP contribution is -2.35. The van der Waals surface area contributed by atoms with Gasteiger partial charge in [-0.25, -0.2) is 4.79 Å². The Bertz CT molecular complexity index is 714. The number of nitrogens with zero attached hydrogens (tertiary/aromatic N) is 1. The number of carboxylic acids is 1. The molecular formula is C15H13NO3S2. The molecule has 2 aromatic heterocycles. The second-order valence-electron chi connectivity index (χ2n) is 4.72. The maximum atomic E-state index is 12.6. The minimum atomic E-state index is -1.01. The van der Waals surface area contributed by atoms with Crippen molar-refractivity contribution < 1.29 is 14.7 Å². The number of carbonyl (C=O) groups excluding carboxylic acids is 1. The number of carboxylic acid groups (broad SMARTS) is 1. The van der Waals surface area contributed by atoms with Gasteiger partial charge in [0.05, 0.1) is 4.88 Å². The van der Waals surface area contributed by atoms with Gasteiger partial charge in [0.2, 0.25) is 0 Å². The summed E-state index contributed by atoms with van der Waals surface area (Å²) in [6.45, 7) is 1.35. The van der Waals surface area contributed by atoms with E-state index >= 15 is 0 Å². The van der Waals surface area contributed by atoms with Crippen LogP contribution >= 0.6 is 22.7 Å². The quantitative estimate of drug-likeness (QED) is 0.884. The second kappa shape index (κ2) is 5.83. The van der Waals surface area contributed by atoms with E-state index in [-0.39, 0.29) is 5.91 Å². The van der Waals surface area contributed by atoms with Crippen LogP contribution < -0.4 is 0 Å². The molecule has 0 unspecified atom stereocenters. The average Bonchev–Trinajstić information content (AvgIpc) is 3.12. The van der Waals surface area contributed by atoms with Crippen molar-refractivity contribution in [2.75, 3.05) is 6.54 Å². The van der Waals surface area contributed by atoms with Crippen LogP contribution in [0, 0.1) is 0 Å². The van der Waals surface area contributed by atoms with Gasteiger partial charge in [-0.2, -0.15) is 0 Å². The summed E-state index contributed by atoms with van der Waals surface area (Å²) in [6, 6.07) is 3.84. The molecule has 0 fully saturated rings. The number of hydrogen-bond acceptors (Lipinski definition) is 4. The van der Waals surface area contributed by atoms with Crippen LogP contribution in [-0.2, 0) is 17.8 Å². The molecule has 0 aromatic carbocycles. The first-order chi connectivity index (χ1) is 10.1. The average molecular weight is 319 g/mol. The predicted octanol–water partition coefficient (Wildman–Crippen LogP) is 3.11. The van der Waals surface area contributed by atoms with E-state index in [2.05, 4.69) is 11.4 Å². The van der Waals surface area contributed by atoms with Gasteiger partial charge in [-0.05, 0) is 46.5 Å². The zero-order valence-corrected chi connectivity index (χ0v) is 12.7. The first-order valence-electron chi connectivity index (χ1n) is 6.48. The molecule has 108 valence electrons. The standard InChI is InChI=1S/C15H13NO3S2/c17-13(18)2-1-10-4-8-21-14(10)15(19)16-6-3-12-11(9-16)5-7-20-12/h1-2,4-5,7-8H,3,6,9H2,(H,17,18). The topological polar surface area (TPSA) is 57.6 Å². The van der Waals surface area contributed by atoms with Crippen molar-refractivity contribution >= 4 is 40.6 Å². The number of hydrogen-bond donors (Lipinski definition) is 1. The Morgan fingerprint density at radius 2 is 2.05 bits per heavy atom. The van der Waals surface area contributed by atoms with Crippen LogP contribution in [0.2, 0.25) is 0 Å². The molecule has 0 bridgehead atoms. The third kappa shape index (κ3) is 2.91. The SMILES string of the molecule is O=C(O)C=Cc1ccsc1C(=O)N1CCc2sccc2C1. The molecule has 6 heteroatoms. The fraction of sp³-hybridized carbons (Fsp3) is 0.200. The molecule has 1 aliphatic rings. The Morgan fingerprint density at radius 1 is 1.24 bits per heavy atom. The molecule has 0 saturated heterocycles. The molecule has 1 N–H and O–H groups in total. The Hall–Kier alpha value is -1.92. The Balaban J connectivity index is 1.81. The molecule has 1 amide bonds. The zero-order chi connectivity index (χ0) is 14.8. The smallest absolute Gasteiger partial charge is 0.328 e. The Labute approximate surface area is 130 Å². The second-order valence-corrected chi connectivity index (χ2v) is 6.64. The molecule has 1 aliphatic heterocycles. The molecule has 3 rings (SSSR count). The van der Waals surface area contributed by atoms with E-state index in [0.29, 0.717) is 23.5 Å². The largest absolute Gasteiger partial charge is 0.478 e. The minimum absolute atomic E-state index is 0.0214. The maximum Gasteiger partial charge on any atom is 0.328 e. The Morgan fingerprint density at radius 3 is 2.86 bits per heavy atom. The van der Waals surface area contributed by atoms with E-state index < -0.39 is 5.97 Å². The number of rotatable bonds is 3. The number of amides is 1. The van der Waals surface area contributed by atoms with E-state index in [1.165, 1.54) is 27.9 Å². The maximum absolute atomic E-state index is 12.6. The molecule has 0 spiro atoms. The van der Waals surface area contributed by atoms with Crippen molar-refractivity contribution in [3.8, 4) is 0 Å². The van der Waals surface area contributed by atoms with Gasteiger partial charge < -0.3 is 10.0 Å². The van der Waals surface area contributed by atoms with E-state index in [0.717, 1.165) is 12.5 Å². The lowest BCUT2D eigenvalue weighted by Gasteiger charge is -2.26.